The maximum absolute atomic E-state index is 5.44. The zero-order chi connectivity index (χ0) is 18.4. The Labute approximate surface area is 152 Å². The molecule has 0 radical (unpaired) electrons. The topological polar surface area (TPSA) is 81.2 Å². The molecule has 7 heteroatoms. The number of rotatable bonds is 7. The molecule has 134 valence electrons. The summed E-state index contributed by atoms with van der Waals surface area (Å²) in [5, 5.41) is 6.45. The molecule has 26 heavy (non-hydrogen) atoms. The van der Waals surface area contributed by atoms with Crippen molar-refractivity contribution in [2.75, 3.05) is 31.4 Å². The molecule has 0 aliphatic heterocycles. The number of nitrogens with zero attached hydrogens (tertiary/aromatic N) is 3. The Morgan fingerprint density at radius 2 is 1.92 bits per heavy atom. The molecule has 7 nitrogen and oxygen atoms in total. The van der Waals surface area contributed by atoms with E-state index in [1.165, 1.54) is 0 Å². The average molecular weight is 351 g/mol. The van der Waals surface area contributed by atoms with Crippen molar-refractivity contribution in [1.29, 1.82) is 0 Å². The van der Waals surface area contributed by atoms with E-state index in [9.17, 15) is 0 Å². The molecule has 2 heterocycles. The van der Waals surface area contributed by atoms with E-state index in [4.69, 9.17) is 9.47 Å². The second-order valence-electron chi connectivity index (χ2n) is 5.43. The lowest BCUT2D eigenvalue weighted by molar-refractivity contribution is 0.395. The van der Waals surface area contributed by atoms with Crippen LogP contribution in [-0.4, -0.2) is 35.7 Å². The van der Waals surface area contributed by atoms with Crippen molar-refractivity contribution in [3.8, 4) is 22.8 Å². The summed E-state index contributed by atoms with van der Waals surface area (Å²) in [6, 6.07) is 11.3. The standard InChI is InChI=1S/C19H21N5O2/c1-4-21-19-23-16(13-6-5-9-20-12-13)11-18(24-19)22-15-8-7-14(25-2)10-17(15)26-3/h5-12H,4H2,1-3H3,(H2,21,22,23,24). The van der Waals surface area contributed by atoms with Crippen molar-refractivity contribution in [3.05, 3.63) is 48.8 Å². The molecule has 3 aromatic rings. The van der Waals surface area contributed by atoms with Gasteiger partial charge in [0.15, 0.2) is 0 Å². The van der Waals surface area contributed by atoms with Crippen molar-refractivity contribution < 1.29 is 9.47 Å². The van der Waals surface area contributed by atoms with Gasteiger partial charge in [-0.05, 0) is 31.2 Å². The summed E-state index contributed by atoms with van der Waals surface area (Å²) in [7, 11) is 3.24. The molecule has 0 saturated carbocycles. The summed E-state index contributed by atoms with van der Waals surface area (Å²) in [6.45, 7) is 2.72. The normalized spacial score (nSPS) is 10.3. The summed E-state index contributed by atoms with van der Waals surface area (Å²) in [5.41, 5.74) is 2.48. The zero-order valence-electron chi connectivity index (χ0n) is 15.0. The molecule has 0 amide bonds. The Morgan fingerprint density at radius 3 is 2.62 bits per heavy atom. The largest absolute Gasteiger partial charge is 0.497 e. The van der Waals surface area contributed by atoms with Gasteiger partial charge >= 0.3 is 0 Å². The number of anilines is 3. The summed E-state index contributed by atoms with van der Waals surface area (Å²) in [5.74, 6) is 2.58. The summed E-state index contributed by atoms with van der Waals surface area (Å²) in [4.78, 5) is 13.2. The summed E-state index contributed by atoms with van der Waals surface area (Å²) in [6.07, 6.45) is 3.51. The minimum Gasteiger partial charge on any atom is -0.497 e. The molecule has 0 atom stereocenters. The Hall–Kier alpha value is -3.35. The fraction of sp³-hybridized carbons (Fsp3) is 0.211. The van der Waals surface area contributed by atoms with Gasteiger partial charge in [0.2, 0.25) is 5.95 Å². The maximum Gasteiger partial charge on any atom is 0.225 e. The van der Waals surface area contributed by atoms with Gasteiger partial charge in [-0.1, -0.05) is 0 Å². The first-order chi connectivity index (χ1) is 12.7. The fourth-order valence-corrected chi connectivity index (χ4v) is 2.45. The molecule has 3 rings (SSSR count). The van der Waals surface area contributed by atoms with Gasteiger partial charge in [0.05, 0.1) is 25.6 Å². The highest BCUT2D eigenvalue weighted by Crippen LogP contribution is 2.32. The van der Waals surface area contributed by atoms with Crippen molar-refractivity contribution in [2.24, 2.45) is 0 Å². The maximum atomic E-state index is 5.44. The Morgan fingerprint density at radius 1 is 1.04 bits per heavy atom. The molecule has 0 aliphatic carbocycles. The van der Waals surface area contributed by atoms with E-state index in [0.29, 0.717) is 17.5 Å². The molecular formula is C19H21N5O2. The van der Waals surface area contributed by atoms with E-state index in [0.717, 1.165) is 29.2 Å². The van der Waals surface area contributed by atoms with Crippen LogP contribution in [0.3, 0.4) is 0 Å². The first kappa shape index (κ1) is 17.5. The van der Waals surface area contributed by atoms with Crippen LogP contribution in [0.2, 0.25) is 0 Å². The van der Waals surface area contributed by atoms with Crippen LogP contribution in [0.15, 0.2) is 48.8 Å². The Bertz CT molecular complexity index is 871. The molecule has 0 aliphatic rings. The van der Waals surface area contributed by atoms with E-state index in [-0.39, 0.29) is 0 Å². The third-order valence-electron chi connectivity index (χ3n) is 3.69. The lowest BCUT2D eigenvalue weighted by Crippen LogP contribution is -2.06. The summed E-state index contributed by atoms with van der Waals surface area (Å²) >= 11 is 0. The SMILES string of the molecule is CCNc1nc(Nc2ccc(OC)cc2OC)cc(-c2cccnc2)n1. The number of aromatic nitrogens is 3. The van der Waals surface area contributed by atoms with Crippen molar-refractivity contribution >= 4 is 17.5 Å². The van der Waals surface area contributed by atoms with Crippen LogP contribution >= 0.6 is 0 Å². The van der Waals surface area contributed by atoms with Crippen LogP contribution in [0.1, 0.15) is 6.92 Å². The molecule has 2 aromatic heterocycles. The highest BCUT2D eigenvalue weighted by atomic mass is 16.5. The number of benzene rings is 1. The number of ether oxygens (including phenoxy) is 2. The molecule has 0 fully saturated rings. The van der Waals surface area contributed by atoms with E-state index < -0.39 is 0 Å². The number of nitrogens with one attached hydrogen (secondary N) is 2. The quantitative estimate of drug-likeness (QED) is 0.671. The lowest BCUT2D eigenvalue weighted by atomic mass is 10.2. The highest BCUT2D eigenvalue weighted by molar-refractivity contribution is 5.70. The smallest absolute Gasteiger partial charge is 0.225 e. The van der Waals surface area contributed by atoms with Crippen LogP contribution in [0, 0.1) is 0 Å². The van der Waals surface area contributed by atoms with Crippen molar-refractivity contribution in [2.45, 2.75) is 6.92 Å². The van der Waals surface area contributed by atoms with Crippen LogP contribution < -0.4 is 20.1 Å². The molecule has 0 spiro atoms. The highest BCUT2D eigenvalue weighted by Gasteiger charge is 2.10. The van der Waals surface area contributed by atoms with Gasteiger partial charge in [-0.2, -0.15) is 4.98 Å². The van der Waals surface area contributed by atoms with Gasteiger partial charge in [0, 0.05) is 36.6 Å². The second kappa shape index (κ2) is 8.15. The monoisotopic (exact) mass is 351 g/mol. The predicted molar refractivity (Wildman–Crippen MR) is 102 cm³/mol. The van der Waals surface area contributed by atoms with Gasteiger partial charge in [-0.15, -0.1) is 0 Å². The molecule has 0 unspecified atom stereocenters. The van der Waals surface area contributed by atoms with Gasteiger partial charge < -0.3 is 20.1 Å². The van der Waals surface area contributed by atoms with Crippen LogP contribution in [0.4, 0.5) is 17.5 Å². The van der Waals surface area contributed by atoms with Gasteiger partial charge in [-0.3, -0.25) is 4.98 Å². The third-order valence-corrected chi connectivity index (χ3v) is 3.69. The number of methoxy groups -OCH3 is 2. The third kappa shape index (κ3) is 4.00. The van der Waals surface area contributed by atoms with E-state index in [2.05, 4.69) is 25.6 Å². The van der Waals surface area contributed by atoms with Crippen LogP contribution in [-0.2, 0) is 0 Å². The van der Waals surface area contributed by atoms with Gasteiger partial charge in [-0.25, -0.2) is 4.98 Å². The van der Waals surface area contributed by atoms with Gasteiger partial charge in [0.25, 0.3) is 0 Å². The zero-order valence-corrected chi connectivity index (χ0v) is 15.0. The Kier molecular flexibility index (Phi) is 5.48. The van der Waals surface area contributed by atoms with Crippen molar-refractivity contribution in [3.63, 3.8) is 0 Å². The molecular weight excluding hydrogens is 330 g/mol. The molecule has 0 bridgehead atoms. The minimum atomic E-state index is 0.545. The number of pyridine rings is 1. The van der Waals surface area contributed by atoms with E-state index in [1.807, 2.05) is 43.3 Å². The Balaban J connectivity index is 1.98. The molecule has 1 aromatic carbocycles. The first-order valence-electron chi connectivity index (χ1n) is 8.26. The average Bonchev–Trinajstić information content (AvgIpc) is 2.69. The second-order valence-corrected chi connectivity index (χ2v) is 5.43. The van der Waals surface area contributed by atoms with E-state index >= 15 is 0 Å². The fourth-order valence-electron chi connectivity index (χ4n) is 2.45. The van der Waals surface area contributed by atoms with Crippen LogP contribution in [0.5, 0.6) is 11.5 Å². The van der Waals surface area contributed by atoms with Crippen LogP contribution in [0.25, 0.3) is 11.3 Å². The molecule has 0 saturated heterocycles. The first-order valence-corrected chi connectivity index (χ1v) is 8.26. The van der Waals surface area contributed by atoms with E-state index in [1.54, 1.807) is 26.6 Å². The van der Waals surface area contributed by atoms with Crippen molar-refractivity contribution in [1.82, 2.24) is 15.0 Å². The predicted octanol–water partition coefficient (Wildman–Crippen LogP) is 3.73. The molecule has 2 N–H and O–H groups in total. The minimum absolute atomic E-state index is 0.545. The lowest BCUT2D eigenvalue weighted by Gasteiger charge is -2.14. The number of hydrogen-bond acceptors (Lipinski definition) is 7. The number of hydrogen-bond donors (Lipinski definition) is 2. The van der Waals surface area contributed by atoms with Gasteiger partial charge in [0.1, 0.15) is 17.3 Å². The summed E-state index contributed by atoms with van der Waals surface area (Å²) < 4.78 is 10.7.